The average Bonchev–Trinajstić information content (AvgIpc) is 3.36. The van der Waals surface area contributed by atoms with Gasteiger partial charge in [0.25, 0.3) is 0 Å². The molecule has 4 amide bonds. The Kier molecular flexibility index (Phi) is 15.8. The molecule has 3 atom stereocenters. The summed E-state index contributed by atoms with van der Waals surface area (Å²) in [5.41, 5.74) is 9.68. The average molecular weight is 710 g/mol. The Morgan fingerprint density at radius 1 is 0.922 bits per heavy atom. The number of carbonyl (C=O) groups excluding carboxylic acids is 4. The number of amides is 4. The minimum Gasteiger partial charge on any atom is -0.379 e. The van der Waals surface area contributed by atoms with E-state index in [1.165, 1.54) is 10.1 Å². The number of nitrogens with two attached hydrogens (primary N) is 1. The lowest BCUT2D eigenvalue weighted by Gasteiger charge is -2.23. The third-order valence-electron chi connectivity index (χ3n) is 9.01. The molecule has 4 N–H and O–H groups in total. The fourth-order valence-corrected chi connectivity index (χ4v) is 6.08. The van der Waals surface area contributed by atoms with Gasteiger partial charge in [-0.15, -0.1) is 0 Å². The lowest BCUT2D eigenvalue weighted by molar-refractivity contribution is -0.135. The summed E-state index contributed by atoms with van der Waals surface area (Å²) in [7, 11) is 1.69. The molecule has 0 saturated carbocycles. The van der Waals surface area contributed by atoms with Gasteiger partial charge >= 0.3 is 5.69 Å². The van der Waals surface area contributed by atoms with Crippen LogP contribution in [-0.2, 0) is 64.6 Å². The van der Waals surface area contributed by atoms with Gasteiger partial charge in [-0.3, -0.25) is 33.6 Å². The fraction of sp³-hybridized carbons (Fsp3) is 0.541. The number of nitrogens with zero attached hydrogens (tertiary/aromatic N) is 2. The zero-order valence-electron chi connectivity index (χ0n) is 29.6. The molecule has 4 rings (SSSR count). The Hall–Kier alpha value is -4.37. The van der Waals surface area contributed by atoms with Crippen molar-refractivity contribution in [3.63, 3.8) is 0 Å². The van der Waals surface area contributed by atoms with Crippen molar-refractivity contribution in [2.24, 2.45) is 12.8 Å². The highest BCUT2D eigenvalue weighted by Crippen LogP contribution is 2.24. The first-order chi connectivity index (χ1) is 24.7. The molecule has 14 nitrogen and oxygen atoms in total. The minimum atomic E-state index is -0.692. The zero-order valence-corrected chi connectivity index (χ0v) is 29.6. The van der Waals surface area contributed by atoms with E-state index in [1.54, 1.807) is 11.6 Å². The normalized spacial score (nSPS) is 15.8. The van der Waals surface area contributed by atoms with Crippen LogP contribution in [0.15, 0.2) is 47.3 Å². The second-order valence-corrected chi connectivity index (χ2v) is 12.8. The molecule has 2 heterocycles. The van der Waals surface area contributed by atoms with Crippen LogP contribution >= 0.6 is 0 Å². The number of carbonyl (C=O) groups is 4. The van der Waals surface area contributed by atoms with E-state index in [9.17, 15) is 24.0 Å². The number of imide groups is 1. The molecule has 3 aromatic rings. The van der Waals surface area contributed by atoms with Crippen LogP contribution in [0.5, 0.6) is 0 Å². The third-order valence-corrected chi connectivity index (χ3v) is 9.01. The van der Waals surface area contributed by atoms with Crippen LogP contribution in [0.2, 0.25) is 0 Å². The molecule has 1 aromatic heterocycles. The van der Waals surface area contributed by atoms with Crippen molar-refractivity contribution in [3.05, 3.63) is 69.6 Å². The van der Waals surface area contributed by atoms with Crippen molar-refractivity contribution < 1.29 is 38.1 Å². The quantitative estimate of drug-likeness (QED) is 0.0714. The largest absolute Gasteiger partial charge is 0.379 e. The van der Waals surface area contributed by atoms with Crippen molar-refractivity contribution in [1.29, 1.82) is 0 Å². The molecule has 0 radical (unpaired) electrons. The fourth-order valence-electron chi connectivity index (χ4n) is 6.08. The predicted octanol–water partition coefficient (Wildman–Crippen LogP) is 2.22. The molecule has 0 spiro atoms. The van der Waals surface area contributed by atoms with E-state index in [0.29, 0.717) is 71.0 Å². The van der Waals surface area contributed by atoms with Crippen LogP contribution < -0.4 is 22.1 Å². The smallest absolute Gasteiger partial charge is 0.329 e. The van der Waals surface area contributed by atoms with E-state index < -0.39 is 17.9 Å². The Morgan fingerprint density at radius 3 is 2.16 bits per heavy atom. The van der Waals surface area contributed by atoms with E-state index in [2.05, 4.69) is 22.8 Å². The van der Waals surface area contributed by atoms with Crippen molar-refractivity contribution >= 4 is 35.2 Å². The first kappa shape index (κ1) is 39.4. The highest BCUT2D eigenvalue weighted by Gasteiger charge is 2.31. The van der Waals surface area contributed by atoms with Gasteiger partial charge in [-0.05, 0) is 74.3 Å². The number of hydrogen-bond donors (Lipinski definition) is 3. The number of aryl methyl sites for hydroxylation is 3. The van der Waals surface area contributed by atoms with E-state index in [-0.39, 0.29) is 36.6 Å². The first-order valence-corrected chi connectivity index (χ1v) is 17.6. The molecule has 2 aromatic carbocycles. The number of primary amides is 1. The molecule has 1 fully saturated rings. The highest BCUT2D eigenvalue weighted by atomic mass is 16.5. The number of ether oxygens (including phenoxy) is 4. The van der Waals surface area contributed by atoms with Gasteiger partial charge in [-0.2, -0.15) is 0 Å². The summed E-state index contributed by atoms with van der Waals surface area (Å²) in [4.78, 5) is 58.9. The van der Waals surface area contributed by atoms with Gasteiger partial charge in [0.2, 0.25) is 24.1 Å². The predicted molar refractivity (Wildman–Crippen MR) is 190 cm³/mol. The van der Waals surface area contributed by atoms with Gasteiger partial charge in [0.05, 0.1) is 56.2 Å². The van der Waals surface area contributed by atoms with Gasteiger partial charge in [-0.1, -0.05) is 30.3 Å². The van der Waals surface area contributed by atoms with Gasteiger partial charge in [0.15, 0.2) is 0 Å². The van der Waals surface area contributed by atoms with Crippen LogP contribution in [0.1, 0.15) is 68.2 Å². The molecule has 51 heavy (non-hydrogen) atoms. The van der Waals surface area contributed by atoms with Crippen molar-refractivity contribution in [2.75, 3.05) is 39.6 Å². The standard InChI is InChI=1S/C37H51N5O9/c1-26(30(39-25-43)12-15-34(38)44)51-24-29-9-7-27(8-10-29)5-3-17-48-19-21-50-22-20-49-18-4-6-28-11-13-31-33(23-28)41(2)37(47)42(31)32-14-16-35(45)40-36(32)46/h7-11,13,23,25-26,30,32H,3-6,12,14-22,24H2,1-2H3,(H2,38,44)(H,39,43)(H,40,45,46)/t26-,30+,32?/m1/s1. The summed E-state index contributed by atoms with van der Waals surface area (Å²) >= 11 is 0. The molecule has 1 aliphatic heterocycles. The number of benzene rings is 2. The van der Waals surface area contributed by atoms with E-state index >= 15 is 0 Å². The Morgan fingerprint density at radius 2 is 1.53 bits per heavy atom. The SMILES string of the molecule is C[C@@H](OCc1ccc(CCCOCCOCCOCCCc2ccc3c(c2)n(C)c(=O)n3C2CCC(=O)NC2=O)cc1)[C@H](CCC(N)=O)NC=O. The summed E-state index contributed by atoms with van der Waals surface area (Å²) in [5, 5.41) is 5.03. The number of rotatable bonds is 24. The van der Waals surface area contributed by atoms with E-state index in [1.807, 2.05) is 37.3 Å². The lowest BCUT2D eigenvalue weighted by atomic mass is 10.1. The summed E-state index contributed by atoms with van der Waals surface area (Å²) < 4.78 is 26.0. The van der Waals surface area contributed by atoms with Gasteiger partial charge in [-0.25, -0.2) is 4.79 Å². The number of fused-ring (bicyclic) bond motifs is 1. The van der Waals surface area contributed by atoms with Crippen LogP contribution in [0, 0.1) is 0 Å². The minimum absolute atomic E-state index is 0.184. The van der Waals surface area contributed by atoms with Crippen LogP contribution in [0.4, 0.5) is 0 Å². The second-order valence-electron chi connectivity index (χ2n) is 12.8. The third kappa shape index (κ3) is 12.1. The maximum atomic E-state index is 12.9. The van der Waals surface area contributed by atoms with Gasteiger partial charge < -0.3 is 30.0 Å². The Bertz CT molecular complexity index is 1650. The number of imidazole rings is 1. The number of piperidine rings is 1. The topological polar surface area (TPSA) is 182 Å². The molecule has 1 unspecified atom stereocenters. The molecule has 14 heteroatoms. The number of aromatic nitrogens is 2. The molecular formula is C37H51N5O9. The van der Waals surface area contributed by atoms with E-state index in [0.717, 1.165) is 42.3 Å². The van der Waals surface area contributed by atoms with Crippen LogP contribution in [-0.4, -0.2) is 85.1 Å². The highest BCUT2D eigenvalue weighted by molar-refractivity contribution is 6.00. The number of hydrogen-bond acceptors (Lipinski definition) is 9. The summed E-state index contributed by atoms with van der Waals surface area (Å²) in [6.45, 7) is 5.48. The van der Waals surface area contributed by atoms with E-state index in [4.69, 9.17) is 24.7 Å². The first-order valence-electron chi connectivity index (χ1n) is 17.6. The molecule has 1 aliphatic rings. The summed E-state index contributed by atoms with van der Waals surface area (Å²) in [6.07, 6.45) is 4.86. The van der Waals surface area contributed by atoms with Crippen molar-refractivity contribution in [2.45, 2.75) is 83.1 Å². The van der Waals surface area contributed by atoms with Crippen molar-refractivity contribution in [3.8, 4) is 0 Å². The maximum absolute atomic E-state index is 12.9. The van der Waals surface area contributed by atoms with Crippen LogP contribution in [0.25, 0.3) is 11.0 Å². The monoisotopic (exact) mass is 709 g/mol. The molecule has 0 aliphatic carbocycles. The Balaban J connectivity index is 1.01. The summed E-state index contributed by atoms with van der Waals surface area (Å²) in [5.74, 6) is -1.16. The second kappa shape index (κ2) is 20.5. The molecular weight excluding hydrogens is 658 g/mol. The zero-order chi connectivity index (χ0) is 36.6. The molecule has 1 saturated heterocycles. The van der Waals surface area contributed by atoms with Gasteiger partial charge in [0, 0.05) is 33.1 Å². The van der Waals surface area contributed by atoms with Crippen LogP contribution in [0.3, 0.4) is 0 Å². The molecule has 278 valence electrons. The maximum Gasteiger partial charge on any atom is 0.329 e. The lowest BCUT2D eigenvalue weighted by Crippen LogP contribution is -2.44. The van der Waals surface area contributed by atoms with Gasteiger partial charge in [0.1, 0.15) is 6.04 Å². The number of nitrogens with one attached hydrogen (secondary N) is 2. The Labute approximate surface area is 297 Å². The molecule has 0 bridgehead atoms. The van der Waals surface area contributed by atoms with Crippen molar-refractivity contribution in [1.82, 2.24) is 19.8 Å². The summed E-state index contributed by atoms with van der Waals surface area (Å²) in [6, 6.07) is 13.0.